The van der Waals surface area contributed by atoms with Crippen molar-refractivity contribution in [2.24, 2.45) is 0 Å². The predicted octanol–water partition coefficient (Wildman–Crippen LogP) is 5.59. The van der Waals surface area contributed by atoms with E-state index in [9.17, 15) is 18.0 Å². The first-order chi connectivity index (χ1) is 14.7. The Morgan fingerprint density at radius 1 is 1.03 bits per heavy atom. The Labute approximate surface area is 200 Å². The van der Waals surface area contributed by atoms with Gasteiger partial charge in [-0.05, 0) is 49.2 Å². The molecule has 0 unspecified atom stereocenters. The highest BCUT2D eigenvalue weighted by molar-refractivity contribution is 6.42. The summed E-state index contributed by atoms with van der Waals surface area (Å²) in [4.78, 5) is 14.4. The molecule has 32 heavy (non-hydrogen) atoms. The molecule has 11 heteroatoms. The van der Waals surface area contributed by atoms with Crippen LogP contribution in [0, 0.1) is 0 Å². The summed E-state index contributed by atoms with van der Waals surface area (Å²) in [6.07, 6.45) is -2.99. The van der Waals surface area contributed by atoms with Gasteiger partial charge in [0, 0.05) is 37.8 Å². The second-order valence-corrected chi connectivity index (χ2v) is 7.88. The zero-order valence-corrected chi connectivity index (χ0v) is 19.2. The van der Waals surface area contributed by atoms with Crippen molar-refractivity contribution in [2.75, 3.05) is 26.2 Å². The van der Waals surface area contributed by atoms with Crippen molar-refractivity contribution in [1.82, 2.24) is 10.2 Å². The van der Waals surface area contributed by atoms with Gasteiger partial charge in [-0.2, -0.15) is 0 Å². The first kappa shape index (κ1) is 26.4. The zero-order chi connectivity index (χ0) is 22.4. The Morgan fingerprint density at radius 3 is 2.25 bits per heavy atom. The fourth-order valence-corrected chi connectivity index (χ4v) is 3.52. The first-order valence-electron chi connectivity index (χ1n) is 9.68. The topological polar surface area (TPSA) is 50.8 Å². The molecule has 0 aliphatic carbocycles. The number of piperidine rings is 1. The number of hydrogen-bond donors (Lipinski definition) is 1. The summed E-state index contributed by atoms with van der Waals surface area (Å²) in [6.45, 7) is 2.75. The highest BCUT2D eigenvalue weighted by Gasteiger charge is 2.31. The van der Waals surface area contributed by atoms with Crippen molar-refractivity contribution < 1.29 is 27.4 Å². The van der Waals surface area contributed by atoms with Gasteiger partial charge < -0.3 is 19.7 Å². The van der Waals surface area contributed by atoms with Gasteiger partial charge in [0.05, 0.1) is 10.0 Å². The molecule has 1 amide bonds. The zero-order valence-electron chi connectivity index (χ0n) is 16.8. The molecule has 3 rings (SSSR count). The van der Waals surface area contributed by atoms with Gasteiger partial charge in [0.15, 0.2) is 0 Å². The lowest BCUT2D eigenvalue weighted by Gasteiger charge is -2.32. The van der Waals surface area contributed by atoms with Gasteiger partial charge in [-0.3, -0.25) is 4.79 Å². The lowest BCUT2D eigenvalue weighted by atomic mass is 10.1. The van der Waals surface area contributed by atoms with Crippen LogP contribution >= 0.6 is 35.6 Å². The molecule has 5 nitrogen and oxygen atoms in total. The van der Waals surface area contributed by atoms with Gasteiger partial charge in [0.2, 0.25) is 0 Å². The highest BCUT2D eigenvalue weighted by atomic mass is 35.5. The molecule has 1 fully saturated rings. The van der Waals surface area contributed by atoms with E-state index in [1.807, 2.05) is 0 Å². The largest absolute Gasteiger partial charge is 0.573 e. The fourth-order valence-electron chi connectivity index (χ4n) is 3.23. The van der Waals surface area contributed by atoms with Crippen LogP contribution in [-0.2, 0) is 0 Å². The number of carbonyl (C=O) groups excluding carboxylic acids is 1. The van der Waals surface area contributed by atoms with Crippen molar-refractivity contribution in [2.45, 2.75) is 25.3 Å². The van der Waals surface area contributed by atoms with Gasteiger partial charge in [0.1, 0.15) is 17.6 Å². The maximum absolute atomic E-state index is 12.2. The summed E-state index contributed by atoms with van der Waals surface area (Å²) >= 11 is 11.9. The van der Waals surface area contributed by atoms with Crippen LogP contribution in [0.2, 0.25) is 10.0 Å². The van der Waals surface area contributed by atoms with Crippen LogP contribution in [0.15, 0.2) is 42.5 Å². The number of benzene rings is 2. The molecule has 1 N–H and O–H groups in total. The van der Waals surface area contributed by atoms with Gasteiger partial charge in [-0.25, -0.2) is 0 Å². The van der Waals surface area contributed by atoms with Crippen molar-refractivity contribution in [3.63, 3.8) is 0 Å². The number of amides is 1. The number of rotatable bonds is 7. The Kier molecular flexibility index (Phi) is 9.76. The second-order valence-electron chi connectivity index (χ2n) is 7.06. The van der Waals surface area contributed by atoms with Crippen LogP contribution in [0.25, 0.3) is 0 Å². The highest BCUT2D eigenvalue weighted by Crippen LogP contribution is 2.28. The molecule has 0 spiro atoms. The summed E-state index contributed by atoms with van der Waals surface area (Å²) in [5.74, 6) is -0.0295. The normalized spacial score (nSPS) is 15.0. The minimum Gasteiger partial charge on any atom is -0.490 e. The monoisotopic (exact) mass is 512 g/mol. The molecule has 0 radical (unpaired) electrons. The van der Waals surface area contributed by atoms with E-state index >= 15 is 0 Å². The SMILES string of the molecule is Cl.O=C(NCCN1CCC(Oc2ccc(Cl)c(Cl)c2)CC1)c1ccc(OC(F)(F)F)cc1. The number of nitrogens with zero attached hydrogens (tertiary/aromatic N) is 1. The number of alkyl halides is 3. The van der Waals surface area contributed by atoms with Crippen LogP contribution in [-0.4, -0.2) is 49.5 Å². The van der Waals surface area contributed by atoms with E-state index in [1.165, 1.54) is 12.1 Å². The summed E-state index contributed by atoms with van der Waals surface area (Å²) in [7, 11) is 0. The van der Waals surface area contributed by atoms with E-state index in [1.54, 1.807) is 18.2 Å². The lowest BCUT2D eigenvalue weighted by molar-refractivity contribution is -0.274. The van der Waals surface area contributed by atoms with Crippen LogP contribution in [0.3, 0.4) is 0 Å². The molecule has 0 saturated carbocycles. The van der Waals surface area contributed by atoms with Crippen molar-refractivity contribution in [3.8, 4) is 11.5 Å². The van der Waals surface area contributed by atoms with E-state index in [4.69, 9.17) is 27.9 Å². The Balaban J connectivity index is 0.00000363. The maximum atomic E-state index is 12.2. The molecule has 176 valence electrons. The third-order valence-corrected chi connectivity index (χ3v) is 5.53. The van der Waals surface area contributed by atoms with Crippen LogP contribution in [0.4, 0.5) is 13.2 Å². The van der Waals surface area contributed by atoms with Crippen LogP contribution in [0.1, 0.15) is 23.2 Å². The molecule has 0 atom stereocenters. The Hall–Kier alpha value is -1.87. The predicted molar refractivity (Wildman–Crippen MR) is 119 cm³/mol. The molecule has 1 saturated heterocycles. The molecule has 0 bridgehead atoms. The molecule has 0 aromatic heterocycles. The Morgan fingerprint density at radius 2 is 1.66 bits per heavy atom. The Bertz CT molecular complexity index is 890. The molecule has 1 aliphatic heterocycles. The van der Waals surface area contributed by atoms with Gasteiger partial charge in [-0.1, -0.05) is 23.2 Å². The molecule has 2 aromatic carbocycles. The van der Waals surface area contributed by atoms with Crippen molar-refractivity contribution >= 4 is 41.5 Å². The second kappa shape index (κ2) is 11.8. The summed E-state index contributed by atoms with van der Waals surface area (Å²) in [5, 5.41) is 3.71. The lowest BCUT2D eigenvalue weighted by Crippen LogP contribution is -2.42. The minimum absolute atomic E-state index is 0. The summed E-state index contributed by atoms with van der Waals surface area (Å²) in [5.41, 5.74) is 0.267. The van der Waals surface area contributed by atoms with Crippen LogP contribution in [0.5, 0.6) is 11.5 Å². The average molecular weight is 514 g/mol. The van der Waals surface area contributed by atoms with E-state index in [2.05, 4.69) is 15.0 Å². The van der Waals surface area contributed by atoms with Crippen molar-refractivity contribution in [3.05, 3.63) is 58.1 Å². The van der Waals surface area contributed by atoms with E-state index in [0.29, 0.717) is 28.9 Å². The van der Waals surface area contributed by atoms with Crippen molar-refractivity contribution in [1.29, 1.82) is 0 Å². The molecule has 2 aromatic rings. The number of nitrogens with one attached hydrogen (secondary N) is 1. The van der Waals surface area contributed by atoms with E-state index < -0.39 is 6.36 Å². The summed E-state index contributed by atoms with van der Waals surface area (Å²) < 4.78 is 46.3. The number of ether oxygens (including phenoxy) is 2. The first-order valence-corrected chi connectivity index (χ1v) is 10.4. The molecule has 1 aliphatic rings. The number of halogens is 6. The quantitative estimate of drug-likeness (QED) is 0.525. The van der Waals surface area contributed by atoms with Gasteiger partial charge >= 0.3 is 6.36 Å². The maximum Gasteiger partial charge on any atom is 0.573 e. The minimum atomic E-state index is -4.76. The summed E-state index contributed by atoms with van der Waals surface area (Å²) in [6, 6.07) is 10.0. The number of carbonyl (C=O) groups is 1. The molecule has 1 heterocycles. The smallest absolute Gasteiger partial charge is 0.490 e. The fraction of sp³-hybridized carbons (Fsp3) is 0.381. The third-order valence-electron chi connectivity index (χ3n) is 4.79. The number of likely N-dealkylation sites (tertiary alicyclic amines) is 1. The van der Waals surface area contributed by atoms with Crippen LogP contribution < -0.4 is 14.8 Å². The van der Waals surface area contributed by atoms with Gasteiger partial charge in [0.25, 0.3) is 5.91 Å². The third kappa shape index (κ3) is 8.24. The molecular weight excluding hydrogens is 492 g/mol. The number of hydrogen-bond acceptors (Lipinski definition) is 4. The van der Waals surface area contributed by atoms with Gasteiger partial charge in [-0.15, -0.1) is 25.6 Å². The average Bonchev–Trinajstić information content (AvgIpc) is 2.71. The van der Waals surface area contributed by atoms with E-state index in [-0.39, 0.29) is 35.7 Å². The van der Waals surface area contributed by atoms with E-state index in [0.717, 1.165) is 38.1 Å². The molecular formula is C21H22Cl3F3N2O3. The standard InChI is InChI=1S/C21H21Cl2F3N2O3.ClH/c22-18-6-5-17(13-19(18)23)30-15-7-10-28(11-8-15)12-9-27-20(29)14-1-3-16(4-2-14)31-21(24,25)26;/h1-6,13,15H,7-12H2,(H,27,29);1H.